The van der Waals surface area contributed by atoms with Crippen LogP contribution in [0.4, 0.5) is 4.39 Å². The van der Waals surface area contributed by atoms with E-state index in [2.05, 4.69) is 5.32 Å². The maximum Gasteiger partial charge on any atom is 0.255 e. The Labute approximate surface area is 126 Å². The summed E-state index contributed by atoms with van der Waals surface area (Å²) in [6, 6.07) is 7.44. The van der Waals surface area contributed by atoms with Crippen molar-refractivity contribution >= 4 is 17.5 Å². The van der Waals surface area contributed by atoms with Gasteiger partial charge in [0.1, 0.15) is 11.6 Å². The van der Waals surface area contributed by atoms with Crippen LogP contribution in [-0.4, -0.2) is 23.2 Å². The molecule has 0 unspecified atom stereocenters. The molecule has 2 rings (SSSR count). The zero-order valence-corrected chi connectivity index (χ0v) is 12.2. The van der Waals surface area contributed by atoms with Gasteiger partial charge in [-0.3, -0.25) is 4.79 Å². The van der Waals surface area contributed by atoms with Crippen molar-refractivity contribution in [1.29, 1.82) is 0 Å². The van der Waals surface area contributed by atoms with Crippen molar-refractivity contribution in [2.45, 2.75) is 18.9 Å². The number of furan rings is 1. The fraction of sp³-hybridized carbons (Fsp3) is 0.267. The average molecular weight is 312 g/mol. The van der Waals surface area contributed by atoms with E-state index in [-0.39, 0.29) is 23.6 Å². The number of carbonyl (C=O) groups is 1. The molecule has 1 atom stereocenters. The number of benzene rings is 1. The second kappa shape index (κ2) is 6.28. The van der Waals surface area contributed by atoms with E-state index in [1.54, 1.807) is 19.1 Å². The van der Waals surface area contributed by atoms with Gasteiger partial charge < -0.3 is 14.8 Å². The fourth-order valence-corrected chi connectivity index (χ4v) is 2.17. The molecule has 4 nitrogen and oxygen atoms in total. The first-order valence-corrected chi connectivity index (χ1v) is 6.74. The van der Waals surface area contributed by atoms with E-state index in [1.165, 1.54) is 18.4 Å². The van der Waals surface area contributed by atoms with Crippen LogP contribution in [0.1, 0.15) is 23.0 Å². The SMILES string of the molecule is C[C@](O)(CNC(=O)c1c(F)cccc1Cl)Cc1ccco1. The molecule has 112 valence electrons. The topological polar surface area (TPSA) is 62.5 Å². The number of hydrogen-bond acceptors (Lipinski definition) is 3. The van der Waals surface area contributed by atoms with E-state index in [9.17, 15) is 14.3 Å². The van der Waals surface area contributed by atoms with Crippen LogP contribution in [0.25, 0.3) is 0 Å². The van der Waals surface area contributed by atoms with E-state index >= 15 is 0 Å². The predicted molar refractivity (Wildman–Crippen MR) is 76.8 cm³/mol. The van der Waals surface area contributed by atoms with Crippen LogP contribution < -0.4 is 5.32 Å². The Morgan fingerprint density at radius 2 is 2.19 bits per heavy atom. The van der Waals surface area contributed by atoms with Gasteiger partial charge in [0, 0.05) is 13.0 Å². The molecule has 0 fully saturated rings. The lowest BCUT2D eigenvalue weighted by Crippen LogP contribution is -2.42. The van der Waals surface area contributed by atoms with E-state index in [0.29, 0.717) is 5.76 Å². The minimum atomic E-state index is -1.22. The average Bonchev–Trinajstić information content (AvgIpc) is 2.88. The normalized spacial score (nSPS) is 13.7. The zero-order chi connectivity index (χ0) is 15.5. The van der Waals surface area contributed by atoms with Crippen molar-refractivity contribution in [3.63, 3.8) is 0 Å². The fourth-order valence-electron chi connectivity index (χ4n) is 1.92. The van der Waals surface area contributed by atoms with Crippen LogP contribution in [0.3, 0.4) is 0 Å². The van der Waals surface area contributed by atoms with Gasteiger partial charge in [-0.25, -0.2) is 4.39 Å². The summed E-state index contributed by atoms with van der Waals surface area (Å²) in [5.41, 5.74) is -1.45. The number of rotatable bonds is 5. The first-order valence-electron chi connectivity index (χ1n) is 6.36. The van der Waals surface area contributed by atoms with Crippen LogP contribution in [0, 0.1) is 5.82 Å². The Balaban J connectivity index is 2.00. The second-order valence-electron chi connectivity index (χ2n) is 5.03. The molecule has 0 radical (unpaired) electrons. The minimum absolute atomic E-state index is 0.0261. The maximum atomic E-state index is 13.6. The monoisotopic (exact) mass is 311 g/mol. The summed E-state index contributed by atoms with van der Waals surface area (Å²) >= 11 is 5.81. The molecule has 0 spiro atoms. The third-order valence-corrected chi connectivity index (χ3v) is 3.27. The summed E-state index contributed by atoms with van der Waals surface area (Å²) < 4.78 is 18.7. The standard InChI is InChI=1S/C15H15ClFNO3/c1-15(20,8-10-4-3-7-21-10)9-18-14(19)13-11(16)5-2-6-12(13)17/h2-7,20H,8-9H2,1H3,(H,18,19)/t15-/m1/s1. The molecule has 2 N–H and O–H groups in total. The molecule has 1 aromatic heterocycles. The minimum Gasteiger partial charge on any atom is -0.469 e. The molecule has 0 bridgehead atoms. The van der Waals surface area contributed by atoms with E-state index in [1.807, 2.05) is 0 Å². The Morgan fingerprint density at radius 1 is 1.43 bits per heavy atom. The van der Waals surface area contributed by atoms with Crippen molar-refractivity contribution in [1.82, 2.24) is 5.32 Å². The summed E-state index contributed by atoms with van der Waals surface area (Å²) in [4.78, 5) is 12.0. The molecule has 1 heterocycles. The lowest BCUT2D eigenvalue weighted by atomic mass is 10.0. The lowest BCUT2D eigenvalue weighted by molar-refractivity contribution is 0.0509. The van der Waals surface area contributed by atoms with Gasteiger partial charge in [0.2, 0.25) is 0 Å². The van der Waals surface area contributed by atoms with Gasteiger partial charge in [-0.15, -0.1) is 0 Å². The van der Waals surface area contributed by atoms with Gasteiger partial charge >= 0.3 is 0 Å². The lowest BCUT2D eigenvalue weighted by Gasteiger charge is -2.22. The smallest absolute Gasteiger partial charge is 0.255 e. The van der Waals surface area contributed by atoms with Crippen LogP contribution in [0.2, 0.25) is 5.02 Å². The first kappa shape index (κ1) is 15.5. The van der Waals surface area contributed by atoms with Gasteiger partial charge in [-0.05, 0) is 31.2 Å². The number of nitrogens with one attached hydrogen (secondary N) is 1. The first-order chi connectivity index (χ1) is 9.89. The van der Waals surface area contributed by atoms with Gasteiger partial charge in [0.15, 0.2) is 0 Å². The van der Waals surface area contributed by atoms with Crippen molar-refractivity contribution < 1.29 is 18.7 Å². The Kier molecular flexibility index (Phi) is 4.65. The number of aliphatic hydroxyl groups is 1. The number of amides is 1. The molecule has 0 aliphatic carbocycles. The molecule has 2 aromatic rings. The van der Waals surface area contributed by atoms with Crippen LogP contribution in [0.15, 0.2) is 41.0 Å². The molecule has 0 saturated carbocycles. The summed E-state index contributed by atoms with van der Waals surface area (Å²) in [6.07, 6.45) is 1.73. The summed E-state index contributed by atoms with van der Waals surface area (Å²) in [6.45, 7) is 1.50. The molecule has 21 heavy (non-hydrogen) atoms. The molecule has 1 amide bonds. The third kappa shape index (κ3) is 4.06. The number of carbonyl (C=O) groups excluding carboxylic acids is 1. The Morgan fingerprint density at radius 3 is 2.81 bits per heavy atom. The molecular weight excluding hydrogens is 297 g/mol. The maximum absolute atomic E-state index is 13.6. The van der Waals surface area contributed by atoms with Gasteiger partial charge in [0.25, 0.3) is 5.91 Å². The summed E-state index contributed by atoms with van der Waals surface area (Å²) in [5, 5.41) is 12.7. The predicted octanol–water partition coefficient (Wildman–Crippen LogP) is 2.80. The Bertz CT molecular complexity index is 606. The van der Waals surface area contributed by atoms with Gasteiger partial charge in [0.05, 0.1) is 22.5 Å². The van der Waals surface area contributed by atoms with Gasteiger partial charge in [-0.1, -0.05) is 17.7 Å². The Hall–Kier alpha value is -1.85. The highest BCUT2D eigenvalue weighted by Crippen LogP contribution is 2.19. The van der Waals surface area contributed by atoms with Crippen LogP contribution in [0.5, 0.6) is 0 Å². The van der Waals surface area contributed by atoms with E-state index in [0.717, 1.165) is 6.07 Å². The zero-order valence-electron chi connectivity index (χ0n) is 11.4. The van der Waals surface area contributed by atoms with E-state index < -0.39 is 17.3 Å². The summed E-state index contributed by atoms with van der Waals surface area (Å²) in [7, 11) is 0. The highest BCUT2D eigenvalue weighted by Gasteiger charge is 2.25. The molecule has 1 aromatic carbocycles. The highest BCUT2D eigenvalue weighted by atomic mass is 35.5. The molecular formula is C15H15ClFNO3. The van der Waals surface area contributed by atoms with Crippen molar-refractivity contribution in [2.75, 3.05) is 6.54 Å². The highest BCUT2D eigenvalue weighted by molar-refractivity contribution is 6.33. The second-order valence-corrected chi connectivity index (χ2v) is 5.44. The van der Waals surface area contributed by atoms with Crippen molar-refractivity contribution in [3.8, 4) is 0 Å². The van der Waals surface area contributed by atoms with Gasteiger partial charge in [-0.2, -0.15) is 0 Å². The molecule has 6 heteroatoms. The van der Waals surface area contributed by atoms with Crippen LogP contribution >= 0.6 is 11.6 Å². The summed E-state index contributed by atoms with van der Waals surface area (Å²) in [5.74, 6) is -0.776. The number of hydrogen-bond donors (Lipinski definition) is 2. The third-order valence-electron chi connectivity index (χ3n) is 2.95. The molecule has 0 aliphatic rings. The molecule has 0 saturated heterocycles. The van der Waals surface area contributed by atoms with E-state index in [4.69, 9.17) is 16.0 Å². The largest absolute Gasteiger partial charge is 0.469 e. The van der Waals surface area contributed by atoms with Crippen molar-refractivity contribution in [3.05, 3.63) is 58.8 Å². The molecule has 0 aliphatic heterocycles. The quantitative estimate of drug-likeness (QED) is 0.892. The number of halogens is 2. The van der Waals surface area contributed by atoms with Crippen molar-refractivity contribution in [2.24, 2.45) is 0 Å². The van der Waals surface area contributed by atoms with Crippen LogP contribution in [-0.2, 0) is 6.42 Å².